The summed E-state index contributed by atoms with van der Waals surface area (Å²) in [6.07, 6.45) is 2.76. The van der Waals surface area contributed by atoms with Crippen molar-refractivity contribution in [3.63, 3.8) is 0 Å². The maximum Gasteiger partial charge on any atom is 0.307 e. The average Bonchev–Trinajstić information content (AvgIpc) is 2.93. The van der Waals surface area contributed by atoms with Crippen LogP contribution in [0.5, 0.6) is 0 Å². The lowest BCUT2D eigenvalue weighted by Crippen LogP contribution is -2.54. The Labute approximate surface area is 140 Å². The number of esters is 2. The molecule has 0 unspecified atom stereocenters. The highest BCUT2D eigenvalue weighted by Gasteiger charge is 2.52. The summed E-state index contributed by atoms with van der Waals surface area (Å²) < 4.78 is 16.0. The average molecular weight is 338 g/mol. The Hall–Kier alpha value is -1.99. The Morgan fingerprint density at radius 3 is 2.75 bits per heavy atom. The van der Waals surface area contributed by atoms with Gasteiger partial charge in [-0.15, -0.1) is 0 Å². The van der Waals surface area contributed by atoms with Crippen LogP contribution in [0.15, 0.2) is 23.3 Å². The Balaban J connectivity index is 2.30. The third kappa shape index (κ3) is 3.73. The maximum absolute atomic E-state index is 12.2. The van der Waals surface area contributed by atoms with Gasteiger partial charge in [-0.1, -0.05) is 26.0 Å². The lowest BCUT2D eigenvalue weighted by molar-refractivity contribution is -0.214. The van der Waals surface area contributed by atoms with Gasteiger partial charge in [0.05, 0.1) is 12.5 Å². The number of aliphatic hydroxyl groups is 1. The molecule has 3 atom stereocenters. The van der Waals surface area contributed by atoms with Crippen LogP contribution in [0.3, 0.4) is 0 Å². The van der Waals surface area contributed by atoms with Crippen LogP contribution < -0.4 is 0 Å². The number of hydrogen-bond acceptors (Lipinski definition) is 7. The van der Waals surface area contributed by atoms with E-state index >= 15 is 0 Å². The highest BCUT2D eigenvalue weighted by molar-refractivity contribution is 5.79. The molecule has 0 saturated carbocycles. The number of aliphatic hydroxyl groups excluding tert-OH is 1. The normalized spacial score (nSPS) is 28.7. The Morgan fingerprint density at radius 2 is 2.17 bits per heavy atom. The van der Waals surface area contributed by atoms with E-state index in [9.17, 15) is 19.5 Å². The van der Waals surface area contributed by atoms with Crippen molar-refractivity contribution in [2.24, 2.45) is 11.8 Å². The largest absolute Gasteiger partial charge is 0.461 e. The molecule has 0 aromatic rings. The molecule has 1 heterocycles. The van der Waals surface area contributed by atoms with Gasteiger partial charge in [0.1, 0.15) is 12.9 Å². The van der Waals surface area contributed by atoms with Crippen molar-refractivity contribution >= 4 is 18.2 Å². The first-order valence-corrected chi connectivity index (χ1v) is 7.81. The highest BCUT2D eigenvalue weighted by atomic mass is 16.6. The van der Waals surface area contributed by atoms with Gasteiger partial charge in [0.15, 0.2) is 11.9 Å². The molecule has 0 amide bonds. The predicted octanol–water partition coefficient (Wildman–Crippen LogP) is 0.908. The molecule has 1 saturated heterocycles. The van der Waals surface area contributed by atoms with Crippen LogP contribution in [0, 0.1) is 11.8 Å². The first-order chi connectivity index (χ1) is 11.3. The minimum Gasteiger partial charge on any atom is -0.461 e. The molecule has 1 N–H and O–H groups in total. The van der Waals surface area contributed by atoms with Crippen LogP contribution in [-0.4, -0.2) is 48.4 Å². The van der Waals surface area contributed by atoms with Crippen LogP contribution in [0.25, 0.3) is 0 Å². The quantitative estimate of drug-likeness (QED) is 0.567. The van der Waals surface area contributed by atoms with Gasteiger partial charge in [0, 0.05) is 18.9 Å². The second kappa shape index (κ2) is 7.27. The number of aldehydes is 1. The summed E-state index contributed by atoms with van der Waals surface area (Å²) in [5.41, 5.74) is -0.519. The van der Waals surface area contributed by atoms with E-state index in [-0.39, 0.29) is 25.6 Å². The van der Waals surface area contributed by atoms with Crippen molar-refractivity contribution in [2.75, 3.05) is 13.2 Å². The zero-order valence-electron chi connectivity index (χ0n) is 14.0. The summed E-state index contributed by atoms with van der Waals surface area (Å²) in [4.78, 5) is 34.6. The molecule has 7 nitrogen and oxygen atoms in total. The molecule has 0 bridgehead atoms. The topological polar surface area (TPSA) is 99.1 Å². The van der Waals surface area contributed by atoms with Crippen molar-refractivity contribution in [1.29, 1.82) is 0 Å². The van der Waals surface area contributed by atoms with Crippen LogP contribution in [0.4, 0.5) is 0 Å². The summed E-state index contributed by atoms with van der Waals surface area (Å²) in [7, 11) is 0. The fourth-order valence-electron chi connectivity index (χ4n) is 2.89. The van der Waals surface area contributed by atoms with Crippen molar-refractivity contribution in [1.82, 2.24) is 0 Å². The number of hydrogen-bond donors (Lipinski definition) is 1. The maximum atomic E-state index is 12.2. The number of carbonyl (C=O) groups excluding carboxylic acids is 3. The Kier molecular flexibility index (Phi) is 5.56. The lowest BCUT2D eigenvalue weighted by atomic mass is 9.81. The van der Waals surface area contributed by atoms with Crippen molar-refractivity contribution in [2.45, 2.75) is 39.1 Å². The number of carbonyl (C=O) groups is 3. The molecule has 0 radical (unpaired) electrons. The molecule has 2 rings (SSSR count). The van der Waals surface area contributed by atoms with Gasteiger partial charge < -0.3 is 19.3 Å². The molecule has 1 aliphatic heterocycles. The molecule has 0 spiro atoms. The van der Waals surface area contributed by atoms with Crippen LogP contribution in [0.1, 0.15) is 27.2 Å². The summed E-state index contributed by atoms with van der Waals surface area (Å²) in [6.45, 7) is 4.61. The predicted molar refractivity (Wildman–Crippen MR) is 82.6 cm³/mol. The third-order valence-corrected chi connectivity index (χ3v) is 3.98. The Bertz CT molecular complexity index is 590. The van der Waals surface area contributed by atoms with Gasteiger partial charge in [-0.3, -0.25) is 14.4 Å². The molecule has 0 aromatic heterocycles. The molecular formula is C17H22O7. The standard InChI is InChI=1S/C17H22O7/c1-10(2)6-14(20)24-17(8-22-11(3)19)9-23-16(21)15-12(7-18)4-5-13(15)17/h4-5,7,10,15-16,21H,6,8-9H2,1-3H3/t15-,16-,17+/m0/s1. The fourth-order valence-corrected chi connectivity index (χ4v) is 2.89. The van der Waals surface area contributed by atoms with Crippen molar-refractivity contribution in [3.8, 4) is 0 Å². The summed E-state index contributed by atoms with van der Waals surface area (Å²) in [5, 5.41) is 10.1. The molecule has 7 heteroatoms. The smallest absolute Gasteiger partial charge is 0.307 e. The lowest BCUT2D eigenvalue weighted by Gasteiger charge is -2.42. The van der Waals surface area contributed by atoms with Gasteiger partial charge in [-0.05, 0) is 11.5 Å². The number of rotatable bonds is 6. The number of allylic oxidation sites excluding steroid dienone is 2. The van der Waals surface area contributed by atoms with E-state index in [0.717, 1.165) is 0 Å². The molecule has 24 heavy (non-hydrogen) atoms. The second-order valence-corrected chi connectivity index (χ2v) is 6.43. The van der Waals surface area contributed by atoms with Crippen LogP contribution in [0.2, 0.25) is 0 Å². The van der Waals surface area contributed by atoms with E-state index in [2.05, 4.69) is 0 Å². The number of ether oxygens (including phenoxy) is 3. The van der Waals surface area contributed by atoms with Gasteiger partial charge in [0.25, 0.3) is 0 Å². The zero-order valence-corrected chi connectivity index (χ0v) is 14.0. The van der Waals surface area contributed by atoms with Crippen molar-refractivity contribution in [3.05, 3.63) is 23.3 Å². The van der Waals surface area contributed by atoms with E-state index in [1.165, 1.54) is 6.92 Å². The molecule has 1 fully saturated rings. The molecule has 1 aliphatic carbocycles. The first-order valence-electron chi connectivity index (χ1n) is 7.81. The molecular weight excluding hydrogens is 316 g/mol. The van der Waals surface area contributed by atoms with Gasteiger partial charge in [0.2, 0.25) is 0 Å². The minimum absolute atomic E-state index is 0.0930. The van der Waals surface area contributed by atoms with Crippen LogP contribution in [-0.2, 0) is 28.6 Å². The SMILES string of the molecule is CC(=O)OC[C@@]1(OC(=O)CC(C)C)CO[C@H](O)[C@H]2C(C=O)=CC=C21. The van der Waals surface area contributed by atoms with Gasteiger partial charge in [-0.2, -0.15) is 0 Å². The molecule has 2 aliphatic rings. The summed E-state index contributed by atoms with van der Waals surface area (Å²) in [5.74, 6) is -1.63. The van der Waals surface area contributed by atoms with Crippen LogP contribution >= 0.6 is 0 Å². The van der Waals surface area contributed by atoms with E-state index in [4.69, 9.17) is 14.2 Å². The van der Waals surface area contributed by atoms with Gasteiger partial charge >= 0.3 is 11.9 Å². The van der Waals surface area contributed by atoms with E-state index in [1.54, 1.807) is 12.2 Å². The highest BCUT2D eigenvalue weighted by Crippen LogP contribution is 2.43. The Morgan fingerprint density at radius 1 is 1.46 bits per heavy atom. The molecule has 0 aromatic carbocycles. The summed E-state index contributed by atoms with van der Waals surface area (Å²) in [6, 6.07) is 0. The fraction of sp³-hybridized carbons (Fsp3) is 0.588. The number of fused-ring (bicyclic) bond motifs is 1. The second-order valence-electron chi connectivity index (χ2n) is 6.43. The monoisotopic (exact) mass is 338 g/mol. The third-order valence-electron chi connectivity index (χ3n) is 3.98. The first kappa shape index (κ1) is 18.4. The van der Waals surface area contributed by atoms with Crippen molar-refractivity contribution < 1.29 is 33.7 Å². The van der Waals surface area contributed by atoms with Gasteiger partial charge in [-0.25, -0.2) is 0 Å². The van der Waals surface area contributed by atoms with E-state index in [1.807, 2.05) is 13.8 Å². The zero-order chi connectivity index (χ0) is 17.9. The molecule has 132 valence electrons. The minimum atomic E-state index is -1.34. The van der Waals surface area contributed by atoms with E-state index < -0.39 is 29.7 Å². The summed E-state index contributed by atoms with van der Waals surface area (Å²) >= 11 is 0. The van der Waals surface area contributed by atoms with E-state index in [0.29, 0.717) is 17.4 Å².